The van der Waals surface area contributed by atoms with Crippen LogP contribution >= 0.6 is 0 Å². The first kappa shape index (κ1) is 17.2. The summed E-state index contributed by atoms with van der Waals surface area (Å²) in [5, 5.41) is 18.8. The summed E-state index contributed by atoms with van der Waals surface area (Å²) in [4.78, 5) is 24.2. The van der Waals surface area contributed by atoms with Crippen LogP contribution in [0.15, 0.2) is 10.9 Å². The molecule has 2 N–H and O–H groups in total. The fourth-order valence-corrected chi connectivity index (χ4v) is 2.48. The van der Waals surface area contributed by atoms with Crippen LogP contribution in [0.25, 0.3) is 0 Å². The van der Waals surface area contributed by atoms with Gasteiger partial charge in [0.25, 0.3) is 0 Å². The first-order valence-corrected chi connectivity index (χ1v) is 6.89. The van der Waals surface area contributed by atoms with Crippen molar-refractivity contribution in [1.29, 1.82) is 0 Å². The Balaban J connectivity index is 3.21. The third kappa shape index (κ3) is 4.32. The molecule has 0 saturated heterocycles. The van der Waals surface area contributed by atoms with Gasteiger partial charge in [0, 0.05) is 30.4 Å². The van der Waals surface area contributed by atoms with E-state index in [0.29, 0.717) is 18.8 Å². The van der Waals surface area contributed by atoms with Crippen molar-refractivity contribution in [2.45, 2.75) is 46.2 Å². The van der Waals surface area contributed by atoms with E-state index in [1.165, 1.54) is 6.07 Å². The van der Waals surface area contributed by atoms with Crippen LogP contribution in [0.3, 0.4) is 0 Å². The Morgan fingerprint density at radius 3 is 2.43 bits per heavy atom. The lowest BCUT2D eigenvalue weighted by Gasteiger charge is -2.31. The van der Waals surface area contributed by atoms with Gasteiger partial charge in [-0.3, -0.25) is 14.5 Å². The van der Waals surface area contributed by atoms with Crippen molar-refractivity contribution in [3.05, 3.63) is 27.7 Å². The average Bonchev–Trinajstić information content (AvgIpc) is 2.31. The molecule has 1 rings (SSSR count). The SMILES string of the molecule is Cc1cc(=O)c(O)c(CN(C)CCC(=O)O)n1C(C)(C)C. The minimum absolute atomic E-state index is 0.0167. The first-order chi connectivity index (χ1) is 9.54. The van der Waals surface area contributed by atoms with Crippen LogP contribution in [0.2, 0.25) is 0 Å². The fraction of sp³-hybridized carbons (Fsp3) is 0.600. The Hall–Kier alpha value is -1.82. The van der Waals surface area contributed by atoms with Crippen LogP contribution < -0.4 is 5.43 Å². The molecule has 21 heavy (non-hydrogen) atoms. The van der Waals surface area contributed by atoms with Crippen molar-refractivity contribution in [2.75, 3.05) is 13.6 Å². The van der Waals surface area contributed by atoms with E-state index in [9.17, 15) is 14.7 Å². The highest BCUT2D eigenvalue weighted by molar-refractivity contribution is 5.66. The third-order valence-corrected chi connectivity index (χ3v) is 3.27. The van der Waals surface area contributed by atoms with E-state index in [1.807, 2.05) is 32.3 Å². The van der Waals surface area contributed by atoms with E-state index in [0.717, 1.165) is 5.69 Å². The lowest BCUT2D eigenvalue weighted by atomic mass is 10.1. The van der Waals surface area contributed by atoms with E-state index in [2.05, 4.69) is 0 Å². The molecule has 0 amide bonds. The Morgan fingerprint density at radius 2 is 1.95 bits per heavy atom. The second-order valence-electron chi connectivity index (χ2n) is 6.33. The highest BCUT2D eigenvalue weighted by Gasteiger charge is 2.22. The monoisotopic (exact) mass is 296 g/mol. The highest BCUT2D eigenvalue weighted by Crippen LogP contribution is 2.24. The van der Waals surface area contributed by atoms with Crippen LogP contribution in [0.4, 0.5) is 0 Å². The number of aromatic nitrogens is 1. The molecule has 0 aliphatic rings. The summed E-state index contributed by atoms with van der Waals surface area (Å²) in [6.07, 6.45) is 0.0167. The summed E-state index contributed by atoms with van der Waals surface area (Å²) < 4.78 is 1.92. The van der Waals surface area contributed by atoms with Crippen molar-refractivity contribution in [3.8, 4) is 5.75 Å². The van der Waals surface area contributed by atoms with Gasteiger partial charge in [0.2, 0.25) is 5.43 Å². The number of carboxylic acid groups (broad SMARTS) is 1. The third-order valence-electron chi connectivity index (χ3n) is 3.27. The number of nitrogens with zero attached hydrogens (tertiary/aromatic N) is 2. The second-order valence-corrected chi connectivity index (χ2v) is 6.33. The minimum Gasteiger partial charge on any atom is -0.503 e. The highest BCUT2D eigenvalue weighted by atomic mass is 16.4. The van der Waals surface area contributed by atoms with Crippen molar-refractivity contribution >= 4 is 5.97 Å². The summed E-state index contributed by atoms with van der Waals surface area (Å²) >= 11 is 0. The minimum atomic E-state index is -0.872. The van der Waals surface area contributed by atoms with Crippen LogP contribution in [-0.2, 0) is 16.9 Å². The van der Waals surface area contributed by atoms with E-state index in [4.69, 9.17) is 5.11 Å². The van der Waals surface area contributed by atoms with Gasteiger partial charge in [-0.15, -0.1) is 0 Å². The summed E-state index contributed by atoms with van der Waals surface area (Å²) in [5.41, 5.74) is 0.583. The molecule has 0 aliphatic carbocycles. The van der Waals surface area contributed by atoms with Gasteiger partial charge in [-0.1, -0.05) is 0 Å². The van der Waals surface area contributed by atoms with Crippen molar-refractivity contribution in [3.63, 3.8) is 0 Å². The van der Waals surface area contributed by atoms with Crippen molar-refractivity contribution in [2.24, 2.45) is 0 Å². The number of hydrogen-bond donors (Lipinski definition) is 2. The van der Waals surface area contributed by atoms with Crippen LogP contribution in [0.1, 0.15) is 38.6 Å². The smallest absolute Gasteiger partial charge is 0.304 e. The topological polar surface area (TPSA) is 82.8 Å². The molecular weight excluding hydrogens is 272 g/mol. The molecule has 0 radical (unpaired) electrons. The number of rotatable bonds is 5. The molecule has 6 nitrogen and oxygen atoms in total. The Morgan fingerprint density at radius 1 is 1.38 bits per heavy atom. The van der Waals surface area contributed by atoms with Crippen LogP contribution in [0.5, 0.6) is 5.75 Å². The predicted octanol–water partition coefficient (Wildman–Crippen LogP) is 1.52. The van der Waals surface area contributed by atoms with Gasteiger partial charge < -0.3 is 14.8 Å². The molecule has 0 spiro atoms. The molecule has 0 aromatic carbocycles. The van der Waals surface area contributed by atoms with E-state index >= 15 is 0 Å². The van der Waals surface area contributed by atoms with Crippen LogP contribution in [0, 0.1) is 6.92 Å². The largest absolute Gasteiger partial charge is 0.503 e. The normalized spacial score (nSPS) is 11.9. The zero-order valence-electron chi connectivity index (χ0n) is 13.3. The Kier molecular flexibility index (Phi) is 5.17. The van der Waals surface area contributed by atoms with Crippen molar-refractivity contribution in [1.82, 2.24) is 9.47 Å². The van der Waals surface area contributed by atoms with Gasteiger partial charge in [0.05, 0.1) is 12.1 Å². The number of aromatic hydroxyl groups is 1. The van der Waals surface area contributed by atoms with E-state index in [-0.39, 0.29) is 17.7 Å². The Labute approximate surface area is 124 Å². The maximum atomic E-state index is 11.8. The second kappa shape index (κ2) is 6.30. The summed E-state index contributed by atoms with van der Waals surface area (Å²) in [5.74, 6) is -1.14. The number of carbonyl (C=O) groups is 1. The van der Waals surface area contributed by atoms with Gasteiger partial charge in [0.15, 0.2) is 5.75 Å². The summed E-state index contributed by atoms with van der Waals surface area (Å²) in [7, 11) is 1.77. The van der Waals surface area contributed by atoms with Gasteiger partial charge in [-0.25, -0.2) is 0 Å². The summed E-state index contributed by atoms with van der Waals surface area (Å²) in [6.45, 7) is 8.46. The summed E-state index contributed by atoms with van der Waals surface area (Å²) in [6, 6.07) is 1.42. The molecule has 0 atom stereocenters. The quantitative estimate of drug-likeness (QED) is 0.861. The van der Waals surface area contributed by atoms with E-state index in [1.54, 1.807) is 11.9 Å². The molecule has 0 saturated carbocycles. The maximum absolute atomic E-state index is 11.8. The molecule has 1 heterocycles. The van der Waals surface area contributed by atoms with Gasteiger partial charge in [-0.05, 0) is 34.7 Å². The molecular formula is C15H24N2O4. The lowest BCUT2D eigenvalue weighted by Crippen LogP contribution is -2.32. The van der Waals surface area contributed by atoms with E-state index < -0.39 is 11.4 Å². The molecule has 0 fully saturated rings. The first-order valence-electron chi connectivity index (χ1n) is 6.89. The predicted molar refractivity (Wildman–Crippen MR) is 80.7 cm³/mol. The molecule has 118 valence electrons. The lowest BCUT2D eigenvalue weighted by molar-refractivity contribution is -0.137. The number of hydrogen-bond acceptors (Lipinski definition) is 4. The van der Waals surface area contributed by atoms with Crippen molar-refractivity contribution < 1.29 is 15.0 Å². The molecule has 1 aromatic heterocycles. The van der Waals surface area contributed by atoms with Gasteiger partial charge in [-0.2, -0.15) is 0 Å². The maximum Gasteiger partial charge on any atom is 0.304 e. The molecule has 0 aliphatic heterocycles. The number of aryl methyl sites for hydroxylation is 1. The standard InChI is InChI=1S/C15H24N2O4/c1-10-8-12(18)14(21)11(17(10)15(2,3)4)9-16(5)7-6-13(19)20/h8,21H,6-7,9H2,1-5H3,(H,19,20). The fourth-order valence-electron chi connectivity index (χ4n) is 2.48. The number of carboxylic acids is 1. The number of aliphatic carboxylic acids is 1. The van der Waals surface area contributed by atoms with Gasteiger partial charge in [0.1, 0.15) is 0 Å². The zero-order valence-corrected chi connectivity index (χ0v) is 13.3. The molecule has 0 bridgehead atoms. The molecule has 1 aromatic rings. The molecule has 6 heteroatoms. The van der Waals surface area contributed by atoms with Crippen LogP contribution in [-0.4, -0.2) is 39.2 Å². The van der Waals surface area contributed by atoms with Gasteiger partial charge >= 0.3 is 5.97 Å². The zero-order chi connectivity index (χ0) is 16.4. The molecule has 0 unspecified atom stereocenters. The average molecular weight is 296 g/mol. The Bertz CT molecular complexity index is 585. The number of pyridine rings is 1.